The number of piperidine rings is 1. The fraction of sp³-hybridized carbons (Fsp3) is 0.714. The Morgan fingerprint density at radius 1 is 1.53 bits per heavy atom. The smallest absolute Gasteiger partial charge is 0.320 e. The predicted molar refractivity (Wildman–Crippen MR) is 72.6 cm³/mol. The summed E-state index contributed by atoms with van der Waals surface area (Å²) in [6.45, 7) is 5.41. The molecular weight excluding hydrogens is 244 g/mol. The molecule has 0 saturated carbocycles. The maximum absolute atomic E-state index is 12.4. The molecule has 0 bridgehead atoms. The van der Waals surface area contributed by atoms with Gasteiger partial charge in [-0.1, -0.05) is 12.8 Å². The van der Waals surface area contributed by atoms with Gasteiger partial charge in [-0.25, -0.2) is 4.79 Å². The first-order valence-electron chi connectivity index (χ1n) is 6.65. The van der Waals surface area contributed by atoms with Crippen molar-refractivity contribution in [1.82, 2.24) is 9.80 Å². The van der Waals surface area contributed by atoms with Crippen molar-refractivity contribution in [2.75, 3.05) is 26.2 Å². The van der Waals surface area contributed by atoms with Crippen molar-refractivity contribution in [2.24, 2.45) is 5.41 Å². The summed E-state index contributed by atoms with van der Waals surface area (Å²) in [5, 5.41) is 9.26. The third-order valence-corrected chi connectivity index (χ3v) is 3.53. The van der Waals surface area contributed by atoms with Gasteiger partial charge in [0.05, 0.1) is 12.0 Å². The normalized spacial score (nSPS) is 22.7. The number of aliphatic carboxylic acids is 1. The van der Waals surface area contributed by atoms with Crippen LogP contribution in [0, 0.1) is 17.8 Å². The number of hydrogen-bond donors (Lipinski definition) is 1. The number of carbonyl (C=O) groups is 2. The molecule has 1 aliphatic rings. The molecule has 2 amide bonds. The Morgan fingerprint density at radius 3 is 2.74 bits per heavy atom. The second-order valence-electron chi connectivity index (χ2n) is 5.30. The molecule has 1 fully saturated rings. The lowest BCUT2D eigenvalue weighted by Crippen LogP contribution is -2.52. The minimum absolute atomic E-state index is 0.146. The first-order chi connectivity index (χ1) is 8.94. The highest BCUT2D eigenvalue weighted by molar-refractivity contribution is 5.78. The number of likely N-dealkylation sites (tertiary alicyclic amines) is 1. The molecule has 1 unspecified atom stereocenters. The summed E-state index contributed by atoms with van der Waals surface area (Å²) in [5.41, 5.74) is -0.845. The van der Waals surface area contributed by atoms with Crippen LogP contribution in [0.25, 0.3) is 0 Å². The molecule has 1 heterocycles. The van der Waals surface area contributed by atoms with Gasteiger partial charge in [0.1, 0.15) is 0 Å². The van der Waals surface area contributed by atoms with Crippen LogP contribution in [0.15, 0.2) is 0 Å². The lowest BCUT2D eigenvalue weighted by Gasteiger charge is -2.39. The van der Waals surface area contributed by atoms with E-state index in [1.54, 1.807) is 16.7 Å². The lowest BCUT2D eigenvalue weighted by atomic mass is 9.82. The minimum Gasteiger partial charge on any atom is -0.481 e. The molecule has 0 spiro atoms. The standard InChI is InChI=1S/C14H22N2O3/c1-4-8-15(9-5-2)13(19)16-10-6-7-14(3,11-16)12(17)18/h1H,5-11H2,2-3H3,(H,17,18). The molecule has 1 saturated heterocycles. The number of hydrogen-bond acceptors (Lipinski definition) is 2. The van der Waals surface area contributed by atoms with Crippen LogP contribution >= 0.6 is 0 Å². The number of carboxylic acids is 1. The summed E-state index contributed by atoms with van der Waals surface area (Å²) in [6, 6.07) is -0.146. The summed E-state index contributed by atoms with van der Waals surface area (Å²) in [4.78, 5) is 26.9. The average molecular weight is 266 g/mol. The van der Waals surface area contributed by atoms with Crippen LogP contribution in [0.5, 0.6) is 0 Å². The maximum Gasteiger partial charge on any atom is 0.320 e. The molecule has 5 nitrogen and oxygen atoms in total. The van der Waals surface area contributed by atoms with E-state index in [-0.39, 0.29) is 19.1 Å². The molecule has 0 aromatic carbocycles. The van der Waals surface area contributed by atoms with E-state index in [0.717, 1.165) is 6.42 Å². The first-order valence-corrected chi connectivity index (χ1v) is 6.65. The van der Waals surface area contributed by atoms with Crippen molar-refractivity contribution < 1.29 is 14.7 Å². The highest BCUT2D eigenvalue weighted by atomic mass is 16.4. The molecule has 1 N–H and O–H groups in total. The van der Waals surface area contributed by atoms with Crippen LogP contribution in [-0.4, -0.2) is 53.1 Å². The maximum atomic E-state index is 12.4. The Balaban J connectivity index is 2.75. The second-order valence-corrected chi connectivity index (χ2v) is 5.30. The van der Waals surface area contributed by atoms with Gasteiger partial charge >= 0.3 is 12.0 Å². The summed E-state index contributed by atoms with van der Waals surface area (Å²) in [5.74, 6) is 1.63. The van der Waals surface area contributed by atoms with Crippen LogP contribution in [0.3, 0.4) is 0 Å². The Bertz CT molecular complexity index is 389. The topological polar surface area (TPSA) is 60.9 Å². The fourth-order valence-electron chi connectivity index (χ4n) is 2.40. The minimum atomic E-state index is -0.845. The largest absolute Gasteiger partial charge is 0.481 e. The van der Waals surface area contributed by atoms with Crippen molar-refractivity contribution in [3.05, 3.63) is 0 Å². The van der Waals surface area contributed by atoms with Gasteiger partial charge in [0, 0.05) is 19.6 Å². The Labute approximate surface area is 114 Å². The van der Waals surface area contributed by atoms with Crippen LogP contribution in [-0.2, 0) is 4.79 Å². The highest BCUT2D eigenvalue weighted by Gasteiger charge is 2.40. The number of terminal acetylenes is 1. The Morgan fingerprint density at radius 2 is 2.21 bits per heavy atom. The van der Waals surface area contributed by atoms with E-state index in [4.69, 9.17) is 6.42 Å². The van der Waals surface area contributed by atoms with Crippen LogP contribution in [0.1, 0.15) is 33.1 Å². The molecular formula is C14H22N2O3. The van der Waals surface area contributed by atoms with Gasteiger partial charge in [-0.2, -0.15) is 0 Å². The third kappa shape index (κ3) is 3.63. The number of nitrogens with zero attached hydrogens (tertiary/aromatic N) is 2. The van der Waals surface area contributed by atoms with Crippen molar-refractivity contribution >= 4 is 12.0 Å². The highest BCUT2D eigenvalue weighted by Crippen LogP contribution is 2.30. The van der Waals surface area contributed by atoms with E-state index >= 15 is 0 Å². The number of amides is 2. The molecule has 1 atom stereocenters. The molecule has 106 valence electrons. The molecule has 1 rings (SSSR count). The number of carbonyl (C=O) groups excluding carboxylic acids is 1. The summed E-state index contributed by atoms with van der Waals surface area (Å²) < 4.78 is 0. The van der Waals surface area contributed by atoms with Crippen molar-refractivity contribution in [1.29, 1.82) is 0 Å². The second kappa shape index (κ2) is 6.46. The number of urea groups is 1. The van der Waals surface area contributed by atoms with Gasteiger partial charge < -0.3 is 14.9 Å². The van der Waals surface area contributed by atoms with Crippen LogP contribution < -0.4 is 0 Å². The third-order valence-electron chi connectivity index (χ3n) is 3.53. The molecule has 0 radical (unpaired) electrons. The molecule has 5 heteroatoms. The quantitative estimate of drug-likeness (QED) is 0.787. The zero-order valence-corrected chi connectivity index (χ0v) is 11.7. The van der Waals surface area contributed by atoms with Gasteiger partial charge in [-0.15, -0.1) is 6.42 Å². The summed E-state index contributed by atoms with van der Waals surface area (Å²) in [6.07, 6.45) is 7.42. The first kappa shape index (κ1) is 15.4. The fourth-order valence-corrected chi connectivity index (χ4v) is 2.40. The van der Waals surface area contributed by atoms with Gasteiger partial charge in [-0.05, 0) is 26.2 Å². The monoisotopic (exact) mass is 266 g/mol. The molecule has 0 aliphatic carbocycles. The van der Waals surface area contributed by atoms with E-state index in [1.807, 2.05) is 6.92 Å². The van der Waals surface area contributed by atoms with E-state index in [2.05, 4.69) is 5.92 Å². The van der Waals surface area contributed by atoms with Crippen molar-refractivity contribution in [3.8, 4) is 12.3 Å². The van der Waals surface area contributed by atoms with Gasteiger partial charge in [0.25, 0.3) is 0 Å². The van der Waals surface area contributed by atoms with Crippen LogP contribution in [0.2, 0.25) is 0 Å². The number of rotatable bonds is 4. The van der Waals surface area contributed by atoms with E-state index in [0.29, 0.717) is 25.9 Å². The SMILES string of the molecule is C#CCN(CCC)C(=O)N1CCCC(C)(C(=O)O)C1. The average Bonchev–Trinajstić information content (AvgIpc) is 2.37. The Kier molecular flexibility index (Phi) is 5.22. The molecule has 19 heavy (non-hydrogen) atoms. The zero-order valence-electron chi connectivity index (χ0n) is 11.7. The molecule has 1 aliphatic heterocycles. The summed E-state index contributed by atoms with van der Waals surface area (Å²) in [7, 11) is 0. The summed E-state index contributed by atoms with van der Waals surface area (Å²) >= 11 is 0. The molecule has 0 aromatic heterocycles. The van der Waals surface area contributed by atoms with Gasteiger partial charge in [0.15, 0.2) is 0 Å². The van der Waals surface area contributed by atoms with E-state index in [1.165, 1.54) is 0 Å². The Hall–Kier alpha value is -1.70. The predicted octanol–water partition coefficient (Wildman–Crippen LogP) is 1.64. The van der Waals surface area contributed by atoms with Gasteiger partial charge in [-0.3, -0.25) is 4.79 Å². The van der Waals surface area contributed by atoms with Crippen LogP contribution in [0.4, 0.5) is 4.79 Å². The lowest BCUT2D eigenvalue weighted by molar-refractivity contribution is -0.150. The number of carboxylic acid groups (broad SMARTS) is 1. The molecule has 0 aromatic rings. The zero-order chi connectivity index (χ0) is 14.5. The van der Waals surface area contributed by atoms with E-state index in [9.17, 15) is 14.7 Å². The van der Waals surface area contributed by atoms with E-state index < -0.39 is 11.4 Å². The van der Waals surface area contributed by atoms with Crippen molar-refractivity contribution in [2.45, 2.75) is 33.1 Å². The van der Waals surface area contributed by atoms with Crippen molar-refractivity contribution in [3.63, 3.8) is 0 Å². The van der Waals surface area contributed by atoms with Gasteiger partial charge in [0.2, 0.25) is 0 Å².